The first-order valence-corrected chi connectivity index (χ1v) is 12.6. The zero-order valence-electron chi connectivity index (χ0n) is 18.5. The molecule has 1 fully saturated rings. The van der Waals surface area contributed by atoms with Gasteiger partial charge < -0.3 is 9.84 Å². The number of ketones is 1. The summed E-state index contributed by atoms with van der Waals surface area (Å²) in [5.74, 6) is 0.433. The molecule has 1 saturated carbocycles. The van der Waals surface area contributed by atoms with Crippen molar-refractivity contribution in [2.75, 3.05) is 6.61 Å². The summed E-state index contributed by atoms with van der Waals surface area (Å²) in [6.07, 6.45) is 11.9. The van der Waals surface area contributed by atoms with Gasteiger partial charge >= 0.3 is 5.97 Å². The summed E-state index contributed by atoms with van der Waals surface area (Å²) in [7, 11) is 0. The van der Waals surface area contributed by atoms with Crippen molar-refractivity contribution in [1.82, 2.24) is 0 Å². The van der Waals surface area contributed by atoms with Crippen LogP contribution in [0.25, 0.3) is 0 Å². The number of halogens is 2. The third-order valence-corrected chi connectivity index (χ3v) is 7.95. The zero-order valence-corrected chi connectivity index (χ0v) is 20.0. The Bertz CT molecular complexity index is 801. The molecule has 0 heterocycles. The number of carboxylic acid groups (broad SMARTS) is 1. The maximum Gasteiger partial charge on any atom is 0.303 e. The molecule has 0 aliphatic heterocycles. The fraction of sp³-hybridized carbons (Fsp3) is 0.680. The molecule has 4 nitrogen and oxygen atoms in total. The van der Waals surface area contributed by atoms with Crippen molar-refractivity contribution in [3.05, 3.63) is 27.2 Å². The van der Waals surface area contributed by atoms with Gasteiger partial charge in [-0.3, -0.25) is 9.59 Å². The molecule has 6 heteroatoms. The largest absolute Gasteiger partial charge is 0.492 e. The molecule has 31 heavy (non-hydrogen) atoms. The second-order valence-corrected chi connectivity index (χ2v) is 9.95. The smallest absolute Gasteiger partial charge is 0.303 e. The third kappa shape index (κ3) is 5.39. The first kappa shape index (κ1) is 24.4. The quantitative estimate of drug-likeness (QED) is 0.322. The summed E-state index contributed by atoms with van der Waals surface area (Å²) < 4.78 is 5.94. The predicted octanol–water partition coefficient (Wildman–Crippen LogP) is 7.51. The maximum absolute atomic E-state index is 13.7. The minimum atomic E-state index is -0.752. The Morgan fingerprint density at radius 3 is 2.52 bits per heavy atom. The average molecular weight is 469 g/mol. The summed E-state index contributed by atoms with van der Waals surface area (Å²) in [6, 6.07) is 1.94. The van der Waals surface area contributed by atoms with Crippen molar-refractivity contribution in [2.24, 2.45) is 11.3 Å². The molecular formula is C25H34Cl2O4. The summed E-state index contributed by atoms with van der Waals surface area (Å²) >= 11 is 13.2. The molecule has 1 aromatic rings. The number of hydrogen-bond acceptors (Lipinski definition) is 3. The van der Waals surface area contributed by atoms with Gasteiger partial charge in [-0.1, -0.05) is 68.7 Å². The molecule has 0 radical (unpaired) electrons. The van der Waals surface area contributed by atoms with Crippen molar-refractivity contribution in [3.8, 4) is 5.75 Å². The second kappa shape index (κ2) is 11.0. The highest BCUT2D eigenvalue weighted by molar-refractivity contribution is 6.45. The standard InChI is InChI=1S/C25H34Cl2O4/c1-2-3-13-25(18-10-7-8-11-18)16-17-15-19(22(26)23(27)21(17)24(25)30)31-14-9-5-4-6-12-20(28)29/h15,18H,2-14,16H2,1H3,(H,28,29). The molecule has 0 spiro atoms. The van der Waals surface area contributed by atoms with E-state index in [1.165, 1.54) is 12.8 Å². The lowest BCUT2D eigenvalue weighted by Gasteiger charge is -2.34. The van der Waals surface area contributed by atoms with Crippen molar-refractivity contribution >= 4 is 35.0 Å². The molecular weight excluding hydrogens is 435 g/mol. The van der Waals surface area contributed by atoms with Gasteiger partial charge in [0.15, 0.2) is 5.78 Å². The molecule has 2 aliphatic carbocycles. The summed E-state index contributed by atoms with van der Waals surface area (Å²) in [4.78, 5) is 24.2. The number of Topliss-reactive ketones (excluding diaryl/α,β-unsaturated/α-hetero) is 1. The predicted molar refractivity (Wildman–Crippen MR) is 125 cm³/mol. The molecule has 0 saturated heterocycles. The fourth-order valence-electron chi connectivity index (χ4n) is 5.43. The van der Waals surface area contributed by atoms with Gasteiger partial charge in [-0.15, -0.1) is 0 Å². The van der Waals surface area contributed by atoms with Gasteiger partial charge in [-0.25, -0.2) is 0 Å². The number of carbonyl (C=O) groups is 2. The maximum atomic E-state index is 13.7. The molecule has 1 N–H and O–H groups in total. The van der Waals surface area contributed by atoms with Crippen LogP contribution in [0.15, 0.2) is 6.07 Å². The lowest BCUT2D eigenvalue weighted by atomic mass is 9.68. The molecule has 3 rings (SSSR count). The number of ether oxygens (including phenoxy) is 1. The van der Waals surface area contributed by atoms with E-state index >= 15 is 0 Å². The fourth-order valence-corrected chi connectivity index (χ4v) is 5.94. The number of aliphatic carboxylic acids is 1. The number of carbonyl (C=O) groups excluding carboxylic acids is 1. The molecule has 0 bridgehead atoms. The van der Waals surface area contributed by atoms with E-state index in [1.807, 2.05) is 6.07 Å². The zero-order chi connectivity index (χ0) is 22.4. The van der Waals surface area contributed by atoms with Gasteiger partial charge in [0.1, 0.15) is 10.8 Å². The van der Waals surface area contributed by atoms with Gasteiger partial charge in [0, 0.05) is 17.4 Å². The van der Waals surface area contributed by atoms with Crippen LogP contribution in [0.2, 0.25) is 10.0 Å². The van der Waals surface area contributed by atoms with E-state index in [-0.39, 0.29) is 17.6 Å². The molecule has 0 aromatic heterocycles. The van der Waals surface area contributed by atoms with E-state index in [0.29, 0.717) is 40.3 Å². The lowest BCUT2D eigenvalue weighted by molar-refractivity contribution is -0.137. The number of unbranched alkanes of at least 4 members (excludes halogenated alkanes) is 4. The summed E-state index contributed by atoms with van der Waals surface area (Å²) in [5.41, 5.74) is 1.28. The normalized spacial score (nSPS) is 20.9. The Balaban J connectivity index is 1.70. The van der Waals surface area contributed by atoms with Gasteiger partial charge in [0.05, 0.1) is 11.6 Å². The third-order valence-electron chi connectivity index (χ3n) is 7.10. The van der Waals surface area contributed by atoms with E-state index in [2.05, 4.69) is 6.92 Å². The lowest BCUT2D eigenvalue weighted by Crippen LogP contribution is -2.35. The van der Waals surface area contributed by atoms with Crippen LogP contribution in [0, 0.1) is 11.3 Å². The van der Waals surface area contributed by atoms with Crippen LogP contribution < -0.4 is 4.74 Å². The van der Waals surface area contributed by atoms with E-state index in [4.69, 9.17) is 33.0 Å². The van der Waals surface area contributed by atoms with E-state index in [9.17, 15) is 9.59 Å². The summed E-state index contributed by atoms with van der Waals surface area (Å²) in [6.45, 7) is 2.67. The van der Waals surface area contributed by atoms with Crippen molar-refractivity contribution in [1.29, 1.82) is 0 Å². The number of rotatable bonds is 12. The number of benzene rings is 1. The van der Waals surface area contributed by atoms with Crippen molar-refractivity contribution in [3.63, 3.8) is 0 Å². The van der Waals surface area contributed by atoms with Crippen LogP contribution >= 0.6 is 23.2 Å². The molecule has 0 amide bonds. The molecule has 2 aliphatic rings. The minimum absolute atomic E-state index is 0.194. The Kier molecular flexibility index (Phi) is 8.69. The van der Waals surface area contributed by atoms with Crippen LogP contribution in [0.1, 0.15) is 99.9 Å². The van der Waals surface area contributed by atoms with Crippen molar-refractivity contribution < 1.29 is 19.4 Å². The highest BCUT2D eigenvalue weighted by Crippen LogP contribution is 2.54. The van der Waals surface area contributed by atoms with E-state index in [0.717, 1.165) is 63.4 Å². The highest BCUT2D eigenvalue weighted by Gasteiger charge is 2.51. The Morgan fingerprint density at radius 2 is 1.84 bits per heavy atom. The van der Waals surface area contributed by atoms with Crippen LogP contribution in [-0.2, 0) is 11.2 Å². The van der Waals surface area contributed by atoms with Crippen LogP contribution in [-0.4, -0.2) is 23.5 Å². The highest BCUT2D eigenvalue weighted by atomic mass is 35.5. The van der Waals surface area contributed by atoms with Crippen molar-refractivity contribution in [2.45, 2.75) is 90.4 Å². The second-order valence-electron chi connectivity index (χ2n) is 9.19. The number of hydrogen-bond donors (Lipinski definition) is 1. The minimum Gasteiger partial charge on any atom is -0.492 e. The Labute approximate surface area is 195 Å². The molecule has 1 aromatic carbocycles. The van der Waals surface area contributed by atoms with Crippen LogP contribution in [0.3, 0.4) is 0 Å². The van der Waals surface area contributed by atoms with Crippen LogP contribution in [0.4, 0.5) is 0 Å². The average Bonchev–Trinajstić information content (AvgIpc) is 3.36. The van der Waals surface area contributed by atoms with Crippen LogP contribution in [0.5, 0.6) is 5.75 Å². The molecule has 1 atom stereocenters. The van der Waals surface area contributed by atoms with Gasteiger partial charge in [-0.2, -0.15) is 0 Å². The molecule has 172 valence electrons. The first-order chi connectivity index (χ1) is 14.9. The number of carboxylic acids is 1. The van der Waals surface area contributed by atoms with Gasteiger partial charge in [0.25, 0.3) is 0 Å². The van der Waals surface area contributed by atoms with E-state index < -0.39 is 5.97 Å². The Morgan fingerprint density at radius 1 is 1.13 bits per heavy atom. The van der Waals surface area contributed by atoms with Gasteiger partial charge in [0.2, 0.25) is 0 Å². The Hall–Kier alpha value is -1.26. The van der Waals surface area contributed by atoms with Gasteiger partial charge in [-0.05, 0) is 56.1 Å². The summed E-state index contributed by atoms with van der Waals surface area (Å²) in [5, 5.41) is 9.37. The van der Waals surface area contributed by atoms with E-state index in [1.54, 1.807) is 0 Å². The SMILES string of the molecule is CCCCC1(C2CCCC2)Cc2cc(OCCCCCCC(=O)O)c(Cl)c(Cl)c2C1=O. The number of fused-ring (bicyclic) bond motifs is 1. The topological polar surface area (TPSA) is 63.6 Å². The monoisotopic (exact) mass is 468 g/mol. The molecule has 1 unspecified atom stereocenters. The first-order valence-electron chi connectivity index (χ1n) is 11.8.